The molecule has 0 amide bonds. The van der Waals surface area contributed by atoms with E-state index in [0.717, 1.165) is 38.4 Å². The van der Waals surface area contributed by atoms with Gasteiger partial charge in [0.15, 0.2) is 0 Å². The molecule has 5 nitrogen and oxygen atoms in total. The minimum absolute atomic E-state index is 0.00354. The Bertz CT molecular complexity index is 589. The topological polar surface area (TPSA) is 55.6 Å². The molecule has 0 N–H and O–H groups in total. The minimum atomic E-state index is -0.00354. The molecule has 0 aliphatic carbocycles. The summed E-state index contributed by atoms with van der Waals surface area (Å²) in [5.74, 6) is 0.332. The van der Waals surface area contributed by atoms with Crippen molar-refractivity contribution < 1.29 is 14.1 Å². The maximum Gasteiger partial charge on any atom is 0.203 e. The van der Waals surface area contributed by atoms with Crippen LogP contribution >= 0.6 is 0 Å². The lowest BCUT2D eigenvalue weighted by atomic mass is 10.1. The van der Waals surface area contributed by atoms with Crippen LogP contribution in [0.2, 0.25) is 0 Å². The predicted molar refractivity (Wildman–Crippen MR) is 78.1 cm³/mol. The van der Waals surface area contributed by atoms with Crippen molar-refractivity contribution in [3.63, 3.8) is 0 Å². The second kappa shape index (κ2) is 6.65. The zero-order chi connectivity index (χ0) is 14.5. The second-order valence-corrected chi connectivity index (χ2v) is 5.07. The Morgan fingerprint density at radius 2 is 1.95 bits per heavy atom. The summed E-state index contributed by atoms with van der Waals surface area (Å²) in [5.41, 5.74) is 1.65. The molecule has 1 saturated heterocycles. The van der Waals surface area contributed by atoms with Gasteiger partial charge in [0.25, 0.3) is 0 Å². The second-order valence-electron chi connectivity index (χ2n) is 5.07. The maximum atomic E-state index is 12.1. The van der Waals surface area contributed by atoms with E-state index in [9.17, 15) is 4.79 Å². The van der Waals surface area contributed by atoms with Crippen LogP contribution in [0.5, 0.6) is 0 Å². The van der Waals surface area contributed by atoms with Crippen LogP contribution in [-0.2, 0) is 4.74 Å². The fourth-order valence-corrected chi connectivity index (χ4v) is 2.36. The van der Waals surface area contributed by atoms with E-state index in [1.165, 1.54) is 0 Å². The molecule has 0 saturated carbocycles. The third kappa shape index (κ3) is 3.56. The first-order valence-corrected chi connectivity index (χ1v) is 7.18. The molecule has 2 aromatic rings. The first kappa shape index (κ1) is 14.0. The number of hydrogen-bond donors (Lipinski definition) is 0. The summed E-state index contributed by atoms with van der Waals surface area (Å²) in [6.45, 7) is 4.00. The standard InChI is InChI=1S/C16H18N2O3/c19-15(6-7-18-8-10-20-11-9-18)16-12-14(17-21-16)13-4-2-1-3-5-13/h1-5,12H,6-11H2. The molecule has 0 radical (unpaired) electrons. The Kier molecular flexibility index (Phi) is 4.43. The van der Waals surface area contributed by atoms with Crippen LogP contribution in [0.3, 0.4) is 0 Å². The van der Waals surface area contributed by atoms with Gasteiger partial charge in [-0.15, -0.1) is 0 Å². The molecule has 0 bridgehead atoms. The van der Waals surface area contributed by atoms with Crippen LogP contribution in [0.1, 0.15) is 17.0 Å². The lowest BCUT2D eigenvalue weighted by molar-refractivity contribution is 0.0367. The number of ether oxygens (including phenoxy) is 1. The summed E-state index contributed by atoms with van der Waals surface area (Å²) in [6.07, 6.45) is 0.448. The van der Waals surface area contributed by atoms with Crippen LogP contribution < -0.4 is 0 Å². The van der Waals surface area contributed by atoms with Gasteiger partial charge in [-0.2, -0.15) is 0 Å². The van der Waals surface area contributed by atoms with Gasteiger partial charge in [0.05, 0.1) is 13.2 Å². The van der Waals surface area contributed by atoms with Crippen LogP contribution in [0.15, 0.2) is 40.9 Å². The van der Waals surface area contributed by atoms with E-state index in [1.54, 1.807) is 6.07 Å². The highest BCUT2D eigenvalue weighted by Gasteiger charge is 2.16. The highest BCUT2D eigenvalue weighted by atomic mass is 16.5. The summed E-state index contributed by atoms with van der Waals surface area (Å²) in [6, 6.07) is 11.4. The zero-order valence-corrected chi connectivity index (χ0v) is 11.8. The van der Waals surface area contributed by atoms with Gasteiger partial charge in [-0.05, 0) is 0 Å². The molecule has 1 aliphatic heterocycles. The largest absolute Gasteiger partial charge is 0.379 e. The van der Waals surface area contributed by atoms with Gasteiger partial charge in [0, 0.05) is 37.7 Å². The van der Waals surface area contributed by atoms with Crippen molar-refractivity contribution in [3.8, 4) is 11.3 Å². The highest BCUT2D eigenvalue weighted by molar-refractivity contribution is 5.94. The number of Topliss-reactive ketones (excluding diaryl/α,β-unsaturated/α-hetero) is 1. The summed E-state index contributed by atoms with van der Waals surface area (Å²) in [4.78, 5) is 14.4. The molecule has 21 heavy (non-hydrogen) atoms. The molecular weight excluding hydrogens is 268 g/mol. The quantitative estimate of drug-likeness (QED) is 0.789. The van der Waals surface area contributed by atoms with Crippen molar-refractivity contribution in [1.82, 2.24) is 10.1 Å². The third-order valence-electron chi connectivity index (χ3n) is 3.61. The van der Waals surface area contributed by atoms with Gasteiger partial charge in [-0.1, -0.05) is 35.5 Å². The first-order valence-electron chi connectivity index (χ1n) is 7.18. The van der Waals surface area contributed by atoms with Gasteiger partial charge in [0.1, 0.15) is 5.69 Å². The van der Waals surface area contributed by atoms with E-state index in [1.807, 2.05) is 30.3 Å². The summed E-state index contributed by atoms with van der Waals surface area (Å²) in [7, 11) is 0. The smallest absolute Gasteiger partial charge is 0.203 e. The number of benzene rings is 1. The molecule has 1 aliphatic rings. The predicted octanol–water partition coefficient (Wildman–Crippen LogP) is 2.25. The zero-order valence-electron chi connectivity index (χ0n) is 11.8. The number of rotatable bonds is 5. The fourth-order valence-electron chi connectivity index (χ4n) is 2.36. The van der Waals surface area contributed by atoms with Crippen molar-refractivity contribution in [2.45, 2.75) is 6.42 Å². The van der Waals surface area contributed by atoms with Crippen LogP contribution in [-0.4, -0.2) is 48.7 Å². The van der Waals surface area contributed by atoms with E-state index < -0.39 is 0 Å². The highest BCUT2D eigenvalue weighted by Crippen LogP contribution is 2.19. The normalized spacial score (nSPS) is 16.0. The van der Waals surface area contributed by atoms with Gasteiger partial charge < -0.3 is 9.26 Å². The van der Waals surface area contributed by atoms with E-state index in [4.69, 9.17) is 9.26 Å². The Labute approximate surface area is 123 Å². The van der Waals surface area contributed by atoms with E-state index >= 15 is 0 Å². The van der Waals surface area contributed by atoms with Crippen LogP contribution in [0.4, 0.5) is 0 Å². The molecule has 0 unspecified atom stereocenters. The van der Waals surface area contributed by atoms with E-state index in [-0.39, 0.29) is 5.78 Å². The number of hydrogen-bond acceptors (Lipinski definition) is 5. The fraction of sp³-hybridized carbons (Fsp3) is 0.375. The molecule has 0 spiro atoms. The summed E-state index contributed by atoms with van der Waals surface area (Å²) in [5, 5.41) is 3.97. The number of nitrogens with zero attached hydrogens (tertiary/aromatic N) is 2. The van der Waals surface area contributed by atoms with Gasteiger partial charge in [0.2, 0.25) is 11.5 Å². The molecule has 0 atom stereocenters. The number of aromatic nitrogens is 1. The van der Waals surface area contributed by atoms with E-state index in [0.29, 0.717) is 17.9 Å². The van der Waals surface area contributed by atoms with Crippen molar-refractivity contribution >= 4 is 5.78 Å². The number of carbonyl (C=O) groups is 1. The summed E-state index contributed by atoms with van der Waals surface area (Å²) >= 11 is 0. The molecule has 5 heteroatoms. The molecule has 3 rings (SSSR count). The number of morpholine rings is 1. The molecule has 1 aromatic heterocycles. The van der Waals surface area contributed by atoms with Crippen molar-refractivity contribution in [3.05, 3.63) is 42.2 Å². The molecule has 1 aromatic carbocycles. The molecule has 1 fully saturated rings. The maximum absolute atomic E-state index is 12.1. The molecule has 110 valence electrons. The van der Waals surface area contributed by atoms with Gasteiger partial charge in [-0.25, -0.2) is 0 Å². The molecular formula is C16H18N2O3. The SMILES string of the molecule is O=C(CCN1CCOCC1)c1cc(-c2ccccc2)no1. The Hall–Kier alpha value is -1.98. The Morgan fingerprint density at radius 1 is 1.19 bits per heavy atom. The molecule has 2 heterocycles. The number of ketones is 1. The minimum Gasteiger partial charge on any atom is -0.379 e. The monoisotopic (exact) mass is 286 g/mol. The van der Waals surface area contributed by atoms with Crippen LogP contribution in [0.25, 0.3) is 11.3 Å². The lowest BCUT2D eigenvalue weighted by Crippen LogP contribution is -2.37. The van der Waals surface area contributed by atoms with E-state index in [2.05, 4.69) is 10.1 Å². The number of carbonyl (C=O) groups excluding carboxylic acids is 1. The third-order valence-corrected chi connectivity index (χ3v) is 3.61. The first-order chi connectivity index (χ1) is 10.3. The lowest BCUT2D eigenvalue weighted by Gasteiger charge is -2.25. The average molecular weight is 286 g/mol. The van der Waals surface area contributed by atoms with Crippen molar-refractivity contribution in [1.29, 1.82) is 0 Å². The van der Waals surface area contributed by atoms with Gasteiger partial charge >= 0.3 is 0 Å². The summed E-state index contributed by atoms with van der Waals surface area (Å²) < 4.78 is 10.5. The van der Waals surface area contributed by atoms with Crippen molar-refractivity contribution in [2.75, 3.05) is 32.8 Å². The van der Waals surface area contributed by atoms with Crippen molar-refractivity contribution in [2.24, 2.45) is 0 Å². The average Bonchev–Trinajstić information content (AvgIpc) is 3.04. The van der Waals surface area contributed by atoms with Gasteiger partial charge in [-0.3, -0.25) is 9.69 Å². The van der Waals surface area contributed by atoms with Crippen LogP contribution in [0, 0.1) is 0 Å². The Morgan fingerprint density at radius 3 is 2.71 bits per heavy atom. The Balaban J connectivity index is 1.59.